The quantitative estimate of drug-likeness (QED) is 0.0241. The fourth-order valence-corrected chi connectivity index (χ4v) is 10.4. The number of benzene rings is 2. The first kappa shape index (κ1) is 55.3. The Morgan fingerprint density at radius 1 is 0.922 bits per heavy atom. The van der Waals surface area contributed by atoms with Crippen LogP contribution in [-0.2, 0) is 76.8 Å². The molecule has 1 aromatic heterocycles. The van der Waals surface area contributed by atoms with Gasteiger partial charge in [0.25, 0.3) is 0 Å². The number of hydrogen-bond donors (Lipinski definition) is 7. The summed E-state index contributed by atoms with van der Waals surface area (Å²) in [6.45, 7) is 4.92. The number of nitrogens with zero attached hydrogens (tertiary/aromatic N) is 3. The van der Waals surface area contributed by atoms with E-state index in [-0.39, 0.29) is 67.1 Å². The molecule has 1 saturated heterocycles. The monoisotopic (exact) mass is 1060 g/mol. The Bertz CT molecular complexity index is 3020. The average Bonchev–Trinajstić information content (AvgIpc) is 4.15. The van der Waals surface area contributed by atoms with E-state index in [9.17, 15) is 53.1 Å². The molecule has 2 aromatic carbocycles. The molecule has 3 aromatic rings. The van der Waals surface area contributed by atoms with E-state index in [2.05, 4.69) is 31.9 Å². The molecule has 408 valence electrons. The van der Waals surface area contributed by atoms with Crippen molar-refractivity contribution in [3.63, 3.8) is 0 Å². The van der Waals surface area contributed by atoms with Crippen molar-refractivity contribution in [3.05, 3.63) is 92.9 Å². The summed E-state index contributed by atoms with van der Waals surface area (Å²) in [5.41, 5.74) is 2.90. The van der Waals surface area contributed by atoms with E-state index < -0.39 is 104 Å². The van der Waals surface area contributed by atoms with Crippen LogP contribution in [0, 0.1) is 24.6 Å². The molecule has 1 fully saturated rings. The van der Waals surface area contributed by atoms with Crippen molar-refractivity contribution in [2.75, 3.05) is 46.1 Å². The third-order valence-corrected chi connectivity index (χ3v) is 14.7. The number of carbonyl (C=O) groups excluding carboxylic acids is 10. The normalized spacial score (nSPS) is 20.1. The van der Waals surface area contributed by atoms with Crippen LogP contribution >= 0.6 is 0 Å². The predicted octanol–water partition coefficient (Wildman–Crippen LogP) is 0.845. The van der Waals surface area contributed by atoms with Gasteiger partial charge in [-0.2, -0.15) is 0 Å². The van der Waals surface area contributed by atoms with E-state index in [1.807, 2.05) is 4.90 Å². The van der Waals surface area contributed by atoms with Crippen LogP contribution in [0.5, 0.6) is 0 Å². The first-order chi connectivity index (χ1) is 36.8. The first-order valence-electron chi connectivity index (χ1n) is 25.7. The predicted molar refractivity (Wildman–Crippen MR) is 271 cm³/mol. The summed E-state index contributed by atoms with van der Waals surface area (Å²) < 4.78 is 25.8. The molecule has 1 aliphatic carbocycles. The molecule has 8 rings (SSSR count). The van der Waals surface area contributed by atoms with Crippen molar-refractivity contribution in [3.8, 4) is 0 Å². The molecule has 22 nitrogen and oxygen atoms in total. The lowest BCUT2D eigenvalue weighted by atomic mass is 9.81. The Balaban J connectivity index is 0.797. The molecule has 2 unspecified atom stereocenters. The van der Waals surface area contributed by atoms with Gasteiger partial charge >= 0.3 is 11.9 Å². The summed E-state index contributed by atoms with van der Waals surface area (Å²) in [5, 5.41) is 27.6. The summed E-state index contributed by atoms with van der Waals surface area (Å²) in [6, 6.07) is 8.37. The van der Waals surface area contributed by atoms with Gasteiger partial charge in [0.05, 0.1) is 54.7 Å². The number of unbranched alkanes of at least 4 members (excludes halogenated alkanes) is 1. The zero-order chi connectivity index (χ0) is 55.3. The van der Waals surface area contributed by atoms with Gasteiger partial charge in [-0.05, 0) is 67.4 Å². The van der Waals surface area contributed by atoms with E-state index in [4.69, 9.17) is 14.5 Å². The Hall–Kier alpha value is -7.92. The highest BCUT2D eigenvalue weighted by molar-refractivity contribution is 6.07. The number of aromatic nitrogens is 1. The number of cyclic esters (lactones) is 2. The number of pyridine rings is 1. The second-order valence-electron chi connectivity index (χ2n) is 20.0. The Morgan fingerprint density at radius 2 is 1.64 bits per heavy atom. The van der Waals surface area contributed by atoms with E-state index in [0.29, 0.717) is 72.1 Å². The maximum absolute atomic E-state index is 15.4. The molecular weight excluding hydrogens is 1000 g/mol. The molecule has 77 heavy (non-hydrogen) atoms. The highest BCUT2D eigenvalue weighted by Crippen LogP contribution is 2.48. The fraction of sp³-hybridized carbons (Fsp3) is 0.463. The van der Waals surface area contributed by atoms with E-state index in [1.165, 1.54) is 11.0 Å². The van der Waals surface area contributed by atoms with Crippen LogP contribution in [0.15, 0.2) is 53.6 Å². The second-order valence-corrected chi connectivity index (χ2v) is 20.0. The highest BCUT2D eigenvalue weighted by Gasteiger charge is 2.50. The van der Waals surface area contributed by atoms with Crippen LogP contribution in [0.3, 0.4) is 0 Å². The number of carbonyl (C=O) groups is 10. The minimum absolute atomic E-state index is 0.0139. The number of halogens is 1. The standard InChI is InChI=1S/C54H62FN9O13/c1-5-54(75)35-19-40-48-34(25-63(40)24-33(35)52(73)77-53(54)74)47-37(15-14-32-30(4)36(55)20-38(62-48)46(32)47)60-44(68)26-76-27-59-42(66)22-58-50(71)39(18-31-12-7-6-8-13-31)61-43(67)23-56-41(65)21-57-49(70)28(2)11-9-10-16-64-45(69)17-29(3)51(64)72/h6-8,12-13,19-20,28-29,37,39,75H,5,9-11,14-18,21-27H2,1-4H3,(H,56,65)(H,57,70)(H,58,71)(H,59,66)(H,60,68)(H,61,67)/t28?,29?,37-,39-,54-/m0/s1. The van der Waals surface area contributed by atoms with Gasteiger partial charge in [-0.15, -0.1) is 0 Å². The molecule has 0 radical (unpaired) electrons. The van der Waals surface area contributed by atoms with Crippen molar-refractivity contribution in [1.82, 2.24) is 46.7 Å². The Kier molecular flexibility index (Phi) is 16.9. The number of nitrogens with one attached hydrogen (secondary N) is 6. The molecule has 0 spiro atoms. The molecule has 0 bridgehead atoms. The molecule has 5 heterocycles. The minimum atomic E-state index is -2.05. The maximum Gasteiger partial charge on any atom is 0.350 e. The van der Waals surface area contributed by atoms with Gasteiger partial charge in [-0.3, -0.25) is 43.3 Å². The largest absolute Gasteiger partial charge is 0.387 e. The van der Waals surface area contributed by atoms with Crippen molar-refractivity contribution < 1.29 is 66.9 Å². The number of ether oxygens (including phenoxy) is 2. The number of esters is 2. The molecule has 5 atom stereocenters. The number of hydrogen-bond acceptors (Lipinski definition) is 15. The lowest BCUT2D eigenvalue weighted by molar-refractivity contribution is -0.172. The summed E-state index contributed by atoms with van der Waals surface area (Å²) >= 11 is 0. The first-order valence-corrected chi connectivity index (χ1v) is 25.7. The molecular formula is C54H62FN9O13. The number of fused-ring (bicyclic) bond motifs is 4. The van der Waals surface area contributed by atoms with Gasteiger partial charge in [0, 0.05) is 60.4 Å². The van der Waals surface area contributed by atoms with Crippen LogP contribution in [0.1, 0.15) is 98.8 Å². The van der Waals surface area contributed by atoms with Gasteiger partial charge in [0.1, 0.15) is 25.2 Å². The number of amides is 8. The smallest absolute Gasteiger partial charge is 0.350 e. The Labute approximate surface area is 442 Å². The van der Waals surface area contributed by atoms with Crippen LogP contribution in [0.2, 0.25) is 0 Å². The summed E-state index contributed by atoms with van der Waals surface area (Å²) in [7, 11) is 0. The molecule has 23 heteroatoms. The summed E-state index contributed by atoms with van der Waals surface area (Å²) in [4.78, 5) is 136. The lowest BCUT2D eigenvalue weighted by Gasteiger charge is -2.36. The van der Waals surface area contributed by atoms with Crippen LogP contribution in [-0.4, -0.2) is 137 Å². The number of imide groups is 1. The Morgan fingerprint density at radius 3 is 2.35 bits per heavy atom. The van der Waals surface area contributed by atoms with Crippen molar-refractivity contribution in [2.45, 2.75) is 103 Å². The molecule has 5 aliphatic rings. The van der Waals surface area contributed by atoms with Gasteiger partial charge in [0.2, 0.25) is 47.3 Å². The topological polar surface area (TPSA) is 301 Å². The van der Waals surface area contributed by atoms with Crippen molar-refractivity contribution in [1.29, 1.82) is 0 Å². The van der Waals surface area contributed by atoms with E-state index in [0.717, 1.165) is 16.7 Å². The van der Waals surface area contributed by atoms with E-state index >= 15 is 4.39 Å². The van der Waals surface area contributed by atoms with Crippen LogP contribution in [0.25, 0.3) is 16.6 Å². The van der Waals surface area contributed by atoms with E-state index in [1.54, 1.807) is 64.1 Å². The van der Waals surface area contributed by atoms with Gasteiger partial charge in [0.15, 0.2) is 5.60 Å². The summed E-state index contributed by atoms with van der Waals surface area (Å²) in [5.74, 6) is -7.17. The third kappa shape index (κ3) is 12.0. The zero-order valence-electron chi connectivity index (χ0n) is 43.2. The number of aliphatic hydroxyl groups is 1. The van der Waals surface area contributed by atoms with Crippen LogP contribution in [0.4, 0.5) is 4.39 Å². The fourth-order valence-electron chi connectivity index (χ4n) is 10.4. The van der Waals surface area contributed by atoms with Crippen molar-refractivity contribution in [2.24, 2.45) is 11.8 Å². The molecule has 0 saturated carbocycles. The SMILES string of the molecule is CC[C@@]1(O)C(=O)OC(=O)C2=C1C=C1c3nc4cc(F)c(C)c5c4c(c3CN1C2)[C@@H](NC(=O)COCNC(=O)CNC(=O)[C@H](Cc1ccccc1)NC(=O)CNC(=O)CNC(=O)C(C)CCCCN1C(=O)CC(C)C1=O)CC5. The van der Waals surface area contributed by atoms with Crippen molar-refractivity contribution >= 4 is 75.8 Å². The number of rotatable bonds is 22. The molecule has 8 amide bonds. The second kappa shape index (κ2) is 23.5. The van der Waals surface area contributed by atoms with Gasteiger partial charge in [-0.1, -0.05) is 57.5 Å². The minimum Gasteiger partial charge on any atom is -0.387 e. The van der Waals surface area contributed by atoms with Gasteiger partial charge < -0.3 is 51.4 Å². The molecule has 7 N–H and O–H groups in total. The number of likely N-dealkylation sites (tertiary alicyclic amines) is 1. The molecule has 4 aliphatic heterocycles. The zero-order valence-corrected chi connectivity index (χ0v) is 43.2. The van der Waals surface area contributed by atoms with Gasteiger partial charge in [-0.25, -0.2) is 19.0 Å². The average molecular weight is 1060 g/mol. The maximum atomic E-state index is 15.4. The lowest BCUT2D eigenvalue weighted by Crippen LogP contribution is -2.52. The number of aryl methyl sites for hydroxylation is 1. The highest BCUT2D eigenvalue weighted by atomic mass is 19.1. The summed E-state index contributed by atoms with van der Waals surface area (Å²) in [6.07, 6.45) is 4.17. The third-order valence-electron chi connectivity index (χ3n) is 14.7. The van der Waals surface area contributed by atoms with Crippen LogP contribution < -0.4 is 31.9 Å².